The molecule has 0 fully saturated rings. The maximum absolute atomic E-state index is 5.66. The molecule has 2 aromatic rings. The van der Waals surface area contributed by atoms with E-state index < -0.39 is 0 Å². The summed E-state index contributed by atoms with van der Waals surface area (Å²) >= 11 is 0. The van der Waals surface area contributed by atoms with Gasteiger partial charge >= 0.3 is 0 Å². The summed E-state index contributed by atoms with van der Waals surface area (Å²) in [4.78, 5) is 0. The first-order valence-electron chi connectivity index (χ1n) is 7.41. The van der Waals surface area contributed by atoms with Crippen LogP contribution in [0.5, 0.6) is 5.75 Å². The van der Waals surface area contributed by atoms with Crippen LogP contribution in [0, 0.1) is 6.92 Å². The van der Waals surface area contributed by atoms with Crippen LogP contribution in [0.3, 0.4) is 0 Å². The molecule has 0 bridgehead atoms. The molecular formula is C17H24N2O2. The Hall–Kier alpha value is -1.81. The number of ether oxygens (including phenoxy) is 1. The second-order valence-corrected chi connectivity index (χ2v) is 5.71. The lowest BCUT2D eigenvalue weighted by Gasteiger charge is -2.19. The predicted molar refractivity (Wildman–Crippen MR) is 83.4 cm³/mol. The first kappa shape index (κ1) is 15.6. The van der Waals surface area contributed by atoms with Crippen LogP contribution in [0.25, 0.3) is 0 Å². The van der Waals surface area contributed by atoms with E-state index in [2.05, 4.69) is 36.5 Å². The minimum Gasteiger partial charge on any atom is -0.491 e. The molecule has 0 aliphatic rings. The second-order valence-electron chi connectivity index (χ2n) is 5.71. The summed E-state index contributed by atoms with van der Waals surface area (Å²) in [5.41, 5.74) is 2.15. The van der Waals surface area contributed by atoms with Gasteiger partial charge in [0.15, 0.2) is 0 Å². The third kappa shape index (κ3) is 4.33. The van der Waals surface area contributed by atoms with Crippen LogP contribution < -0.4 is 10.1 Å². The quantitative estimate of drug-likeness (QED) is 0.866. The monoisotopic (exact) mass is 288 g/mol. The molecule has 1 aromatic carbocycles. The molecule has 21 heavy (non-hydrogen) atoms. The Labute approximate surface area is 126 Å². The number of hydrogen-bond acceptors (Lipinski definition) is 4. The molecule has 1 heterocycles. The van der Waals surface area contributed by atoms with Crippen LogP contribution in [0.15, 0.2) is 34.9 Å². The van der Waals surface area contributed by atoms with E-state index in [-0.39, 0.29) is 18.2 Å². The fourth-order valence-corrected chi connectivity index (χ4v) is 2.25. The highest BCUT2D eigenvalue weighted by Gasteiger charge is 2.14. The van der Waals surface area contributed by atoms with E-state index in [1.54, 1.807) is 0 Å². The maximum atomic E-state index is 5.66. The van der Waals surface area contributed by atoms with Crippen LogP contribution in [-0.2, 0) is 0 Å². The van der Waals surface area contributed by atoms with Gasteiger partial charge in [-0.3, -0.25) is 0 Å². The van der Waals surface area contributed by atoms with E-state index in [0.717, 1.165) is 17.2 Å². The van der Waals surface area contributed by atoms with Crippen molar-refractivity contribution >= 4 is 0 Å². The van der Waals surface area contributed by atoms with E-state index >= 15 is 0 Å². The Morgan fingerprint density at radius 3 is 2.24 bits per heavy atom. The fourth-order valence-electron chi connectivity index (χ4n) is 2.25. The first-order chi connectivity index (χ1) is 9.95. The van der Waals surface area contributed by atoms with E-state index in [4.69, 9.17) is 9.26 Å². The summed E-state index contributed by atoms with van der Waals surface area (Å²) < 4.78 is 10.8. The van der Waals surface area contributed by atoms with Crippen molar-refractivity contribution < 1.29 is 9.26 Å². The van der Waals surface area contributed by atoms with Gasteiger partial charge in [0.05, 0.1) is 12.1 Å². The van der Waals surface area contributed by atoms with Gasteiger partial charge in [0.1, 0.15) is 17.2 Å². The van der Waals surface area contributed by atoms with Crippen molar-refractivity contribution in [3.8, 4) is 5.75 Å². The number of benzene rings is 1. The normalized spacial score (nSPS) is 14.2. The second kappa shape index (κ2) is 6.76. The Morgan fingerprint density at radius 1 is 1.05 bits per heavy atom. The number of rotatable bonds is 6. The van der Waals surface area contributed by atoms with Gasteiger partial charge < -0.3 is 14.6 Å². The van der Waals surface area contributed by atoms with Crippen LogP contribution in [0.2, 0.25) is 0 Å². The zero-order chi connectivity index (χ0) is 15.4. The standard InChI is InChI=1S/C17H24N2O2/c1-11(2)20-16-8-6-15(7-9-16)13(4)18-14(5)17-10-12(3)21-19-17/h6-11,13-14,18H,1-5H3/t13-,14-/m0/s1. The fraction of sp³-hybridized carbons (Fsp3) is 0.471. The minimum absolute atomic E-state index is 0.143. The van der Waals surface area contributed by atoms with Gasteiger partial charge in [0, 0.05) is 12.1 Å². The highest BCUT2D eigenvalue weighted by molar-refractivity contribution is 5.29. The van der Waals surface area contributed by atoms with Crippen LogP contribution in [-0.4, -0.2) is 11.3 Å². The lowest BCUT2D eigenvalue weighted by molar-refractivity contribution is 0.242. The summed E-state index contributed by atoms with van der Waals surface area (Å²) in [6.45, 7) is 10.2. The molecule has 4 nitrogen and oxygen atoms in total. The van der Waals surface area contributed by atoms with Crippen molar-refractivity contribution in [2.75, 3.05) is 0 Å². The van der Waals surface area contributed by atoms with Crippen molar-refractivity contribution in [3.63, 3.8) is 0 Å². The van der Waals surface area contributed by atoms with Gasteiger partial charge in [-0.25, -0.2) is 0 Å². The Bertz CT molecular complexity index is 560. The van der Waals surface area contributed by atoms with Gasteiger partial charge in [-0.05, 0) is 52.3 Å². The van der Waals surface area contributed by atoms with Crippen LogP contribution >= 0.6 is 0 Å². The SMILES string of the molecule is Cc1cc([C@H](C)N[C@@H](C)c2ccc(OC(C)C)cc2)no1. The molecule has 1 aromatic heterocycles. The predicted octanol–water partition coefficient (Wildman–Crippen LogP) is 4.18. The highest BCUT2D eigenvalue weighted by atomic mass is 16.5. The van der Waals surface area contributed by atoms with Crippen LogP contribution in [0.4, 0.5) is 0 Å². The molecule has 114 valence electrons. The van der Waals surface area contributed by atoms with E-state index in [0.29, 0.717) is 0 Å². The van der Waals surface area contributed by atoms with Crippen molar-refractivity contribution in [2.45, 2.75) is 52.8 Å². The molecular weight excluding hydrogens is 264 g/mol. The Balaban J connectivity index is 1.98. The van der Waals surface area contributed by atoms with Crippen molar-refractivity contribution in [1.29, 1.82) is 0 Å². The van der Waals surface area contributed by atoms with Gasteiger partial charge in [-0.1, -0.05) is 17.3 Å². The summed E-state index contributed by atoms with van der Waals surface area (Å²) in [5.74, 6) is 1.74. The lowest BCUT2D eigenvalue weighted by Crippen LogP contribution is -2.22. The largest absolute Gasteiger partial charge is 0.491 e. The van der Waals surface area contributed by atoms with E-state index in [1.807, 2.05) is 39.0 Å². The molecule has 0 saturated heterocycles. The number of nitrogens with one attached hydrogen (secondary N) is 1. The molecule has 2 atom stereocenters. The molecule has 0 aliphatic heterocycles. The molecule has 0 aliphatic carbocycles. The third-order valence-electron chi connectivity index (χ3n) is 3.34. The number of aromatic nitrogens is 1. The summed E-state index contributed by atoms with van der Waals surface area (Å²) in [6, 6.07) is 10.5. The number of hydrogen-bond donors (Lipinski definition) is 1. The molecule has 0 unspecified atom stereocenters. The first-order valence-corrected chi connectivity index (χ1v) is 7.41. The van der Waals surface area contributed by atoms with E-state index in [9.17, 15) is 0 Å². The number of nitrogens with zero attached hydrogens (tertiary/aromatic N) is 1. The molecule has 4 heteroatoms. The molecule has 0 saturated carbocycles. The average molecular weight is 288 g/mol. The third-order valence-corrected chi connectivity index (χ3v) is 3.34. The van der Waals surface area contributed by atoms with Crippen molar-refractivity contribution in [3.05, 3.63) is 47.3 Å². The number of aryl methyl sites for hydroxylation is 1. The van der Waals surface area contributed by atoms with Crippen molar-refractivity contribution in [1.82, 2.24) is 10.5 Å². The van der Waals surface area contributed by atoms with Gasteiger partial charge in [-0.2, -0.15) is 0 Å². The van der Waals surface area contributed by atoms with Gasteiger partial charge in [0.25, 0.3) is 0 Å². The topological polar surface area (TPSA) is 47.3 Å². The van der Waals surface area contributed by atoms with Crippen LogP contribution in [0.1, 0.15) is 56.8 Å². The molecule has 1 N–H and O–H groups in total. The average Bonchev–Trinajstić information content (AvgIpc) is 2.85. The summed E-state index contributed by atoms with van der Waals surface area (Å²) in [5, 5.41) is 7.57. The smallest absolute Gasteiger partial charge is 0.133 e. The van der Waals surface area contributed by atoms with Gasteiger partial charge in [0.2, 0.25) is 0 Å². The van der Waals surface area contributed by atoms with E-state index in [1.165, 1.54) is 5.56 Å². The Kier molecular flexibility index (Phi) is 5.02. The molecule has 0 spiro atoms. The Morgan fingerprint density at radius 2 is 1.71 bits per heavy atom. The molecule has 2 rings (SSSR count). The van der Waals surface area contributed by atoms with Crippen molar-refractivity contribution in [2.24, 2.45) is 0 Å². The minimum atomic E-state index is 0.143. The highest BCUT2D eigenvalue weighted by Crippen LogP contribution is 2.22. The molecule has 0 radical (unpaired) electrons. The summed E-state index contributed by atoms with van der Waals surface area (Å²) in [7, 11) is 0. The zero-order valence-electron chi connectivity index (χ0n) is 13.4. The lowest BCUT2D eigenvalue weighted by atomic mass is 10.1. The summed E-state index contributed by atoms with van der Waals surface area (Å²) in [6.07, 6.45) is 0.196. The maximum Gasteiger partial charge on any atom is 0.133 e. The van der Waals surface area contributed by atoms with Gasteiger partial charge in [-0.15, -0.1) is 0 Å². The molecule has 0 amide bonds. The zero-order valence-corrected chi connectivity index (χ0v) is 13.4.